The van der Waals surface area contributed by atoms with Gasteiger partial charge in [-0.15, -0.1) is 12.4 Å². The minimum absolute atomic E-state index is 0. The van der Waals surface area contributed by atoms with Crippen LogP contribution in [0.1, 0.15) is 6.42 Å². The van der Waals surface area contributed by atoms with Crippen LogP contribution in [-0.2, 0) is 9.59 Å². The van der Waals surface area contributed by atoms with Crippen LogP contribution >= 0.6 is 12.4 Å². The third-order valence-corrected chi connectivity index (χ3v) is 1.57. The largest absolute Gasteiger partial charge is 0.370 e. The van der Waals surface area contributed by atoms with Crippen molar-refractivity contribution in [2.24, 2.45) is 5.73 Å². The standard InChI is InChI=1S/C8H17N3O2.ClH/c1-10(2)6-8(13)11(3)5-4-7(9)12;/h4-6H2,1-3H3,(H2,9,12);1H. The van der Waals surface area contributed by atoms with E-state index in [1.54, 1.807) is 11.9 Å². The summed E-state index contributed by atoms with van der Waals surface area (Å²) in [5.41, 5.74) is 4.95. The minimum atomic E-state index is -0.385. The quantitative estimate of drug-likeness (QED) is 0.671. The molecular formula is C8H18ClN3O2. The average molecular weight is 224 g/mol. The molecule has 0 atom stereocenters. The van der Waals surface area contributed by atoms with E-state index in [0.717, 1.165) is 0 Å². The molecule has 0 aromatic heterocycles. The zero-order valence-electron chi connectivity index (χ0n) is 8.82. The van der Waals surface area contributed by atoms with Crippen molar-refractivity contribution in [3.63, 3.8) is 0 Å². The van der Waals surface area contributed by atoms with E-state index in [4.69, 9.17) is 5.73 Å². The average Bonchev–Trinajstić information content (AvgIpc) is 1.98. The van der Waals surface area contributed by atoms with Crippen molar-refractivity contribution >= 4 is 24.2 Å². The zero-order valence-corrected chi connectivity index (χ0v) is 9.63. The number of nitrogens with two attached hydrogens (primary N) is 1. The van der Waals surface area contributed by atoms with Crippen LogP contribution in [0.4, 0.5) is 0 Å². The molecule has 5 nitrogen and oxygen atoms in total. The number of amides is 2. The molecule has 0 aromatic rings. The number of hydrogen-bond acceptors (Lipinski definition) is 3. The normalized spacial score (nSPS) is 9.43. The lowest BCUT2D eigenvalue weighted by Crippen LogP contribution is -2.36. The van der Waals surface area contributed by atoms with E-state index < -0.39 is 0 Å². The highest BCUT2D eigenvalue weighted by Gasteiger charge is 2.09. The van der Waals surface area contributed by atoms with Gasteiger partial charge in [-0.25, -0.2) is 0 Å². The molecular weight excluding hydrogens is 206 g/mol. The van der Waals surface area contributed by atoms with Crippen molar-refractivity contribution in [1.82, 2.24) is 9.80 Å². The van der Waals surface area contributed by atoms with Gasteiger partial charge in [-0.05, 0) is 14.1 Å². The SMILES string of the molecule is CN(C)CC(=O)N(C)CCC(N)=O.Cl. The summed E-state index contributed by atoms with van der Waals surface area (Å²) < 4.78 is 0. The molecule has 84 valence electrons. The van der Waals surface area contributed by atoms with E-state index in [1.165, 1.54) is 4.90 Å². The molecule has 0 aliphatic rings. The van der Waals surface area contributed by atoms with E-state index >= 15 is 0 Å². The number of halogens is 1. The molecule has 0 saturated heterocycles. The maximum absolute atomic E-state index is 11.3. The molecule has 0 aliphatic carbocycles. The Kier molecular flexibility index (Phi) is 8.48. The Labute approximate surface area is 90.6 Å². The summed E-state index contributed by atoms with van der Waals surface area (Å²) in [6.45, 7) is 0.747. The van der Waals surface area contributed by atoms with Crippen LogP contribution in [0.3, 0.4) is 0 Å². The van der Waals surface area contributed by atoms with E-state index in [1.807, 2.05) is 14.1 Å². The third-order valence-electron chi connectivity index (χ3n) is 1.57. The predicted molar refractivity (Wildman–Crippen MR) is 57.3 cm³/mol. The fourth-order valence-electron chi connectivity index (χ4n) is 0.794. The second-order valence-corrected chi connectivity index (χ2v) is 3.27. The molecule has 0 spiro atoms. The van der Waals surface area contributed by atoms with Crippen LogP contribution in [0.2, 0.25) is 0 Å². The highest BCUT2D eigenvalue weighted by atomic mass is 35.5. The molecule has 0 unspecified atom stereocenters. The molecule has 0 heterocycles. The highest BCUT2D eigenvalue weighted by Crippen LogP contribution is 1.89. The van der Waals surface area contributed by atoms with Gasteiger partial charge in [0.25, 0.3) is 0 Å². The Bertz CT molecular complexity index is 197. The van der Waals surface area contributed by atoms with Gasteiger partial charge in [0.05, 0.1) is 6.54 Å². The first-order valence-corrected chi connectivity index (χ1v) is 4.10. The molecule has 2 amide bonds. The molecule has 2 N–H and O–H groups in total. The number of nitrogens with zero attached hydrogens (tertiary/aromatic N) is 2. The molecule has 0 bridgehead atoms. The number of carbonyl (C=O) groups is 2. The number of hydrogen-bond donors (Lipinski definition) is 1. The Morgan fingerprint density at radius 1 is 1.21 bits per heavy atom. The molecule has 6 heteroatoms. The maximum Gasteiger partial charge on any atom is 0.236 e. The van der Waals surface area contributed by atoms with Gasteiger partial charge in [-0.1, -0.05) is 0 Å². The fourth-order valence-corrected chi connectivity index (χ4v) is 0.794. The van der Waals surface area contributed by atoms with Gasteiger partial charge in [0.2, 0.25) is 11.8 Å². The Morgan fingerprint density at radius 3 is 2.07 bits per heavy atom. The van der Waals surface area contributed by atoms with E-state index in [2.05, 4.69) is 0 Å². The summed E-state index contributed by atoms with van der Waals surface area (Å²) in [5, 5.41) is 0. The molecule has 0 rings (SSSR count). The summed E-state index contributed by atoms with van der Waals surface area (Å²) in [7, 11) is 5.30. The minimum Gasteiger partial charge on any atom is -0.370 e. The van der Waals surface area contributed by atoms with Gasteiger partial charge < -0.3 is 15.5 Å². The van der Waals surface area contributed by atoms with Crippen molar-refractivity contribution in [1.29, 1.82) is 0 Å². The summed E-state index contributed by atoms with van der Waals surface area (Å²) in [6.07, 6.45) is 0.218. The Hall–Kier alpha value is -0.810. The first-order chi connectivity index (χ1) is 5.93. The number of likely N-dealkylation sites (N-methyl/N-ethyl adjacent to an activating group) is 2. The topological polar surface area (TPSA) is 66.6 Å². The lowest BCUT2D eigenvalue weighted by atomic mass is 10.3. The lowest BCUT2D eigenvalue weighted by Gasteiger charge is -2.18. The van der Waals surface area contributed by atoms with Gasteiger partial charge in [0, 0.05) is 20.0 Å². The van der Waals surface area contributed by atoms with Crippen molar-refractivity contribution < 1.29 is 9.59 Å². The fraction of sp³-hybridized carbons (Fsp3) is 0.750. The third kappa shape index (κ3) is 7.82. The first-order valence-electron chi connectivity index (χ1n) is 4.10. The Morgan fingerprint density at radius 2 is 1.71 bits per heavy atom. The van der Waals surface area contributed by atoms with Gasteiger partial charge >= 0.3 is 0 Å². The first kappa shape index (κ1) is 15.7. The van der Waals surface area contributed by atoms with Gasteiger partial charge in [-0.3, -0.25) is 9.59 Å². The predicted octanol–water partition coefficient (Wildman–Crippen LogP) is -0.696. The zero-order chi connectivity index (χ0) is 10.4. The second kappa shape index (κ2) is 7.58. The van der Waals surface area contributed by atoms with Crippen molar-refractivity contribution in [2.75, 3.05) is 34.2 Å². The van der Waals surface area contributed by atoms with Crippen molar-refractivity contribution in [3.05, 3.63) is 0 Å². The Balaban J connectivity index is 0. The monoisotopic (exact) mass is 223 g/mol. The second-order valence-electron chi connectivity index (χ2n) is 3.27. The van der Waals surface area contributed by atoms with Gasteiger partial charge in [0.1, 0.15) is 0 Å². The summed E-state index contributed by atoms with van der Waals surface area (Å²) >= 11 is 0. The van der Waals surface area contributed by atoms with Crippen LogP contribution in [0.25, 0.3) is 0 Å². The van der Waals surface area contributed by atoms with Crippen LogP contribution in [0.5, 0.6) is 0 Å². The van der Waals surface area contributed by atoms with Gasteiger partial charge in [0.15, 0.2) is 0 Å². The van der Waals surface area contributed by atoms with Crippen LogP contribution < -0.4 is 5.73 Å². The summed E-state index contributed by atoms with van der Waals surface area (Å²) in [6, 6.07) is 0. The molecule has 0 aromatic carbocycles. The molecule has 0 saturated carbocycles. The van der Waals surface area contributed by atoms with Crippen LogP contribution in [-0.4, -0.2) is 55.8 Å². The smallest absolute Gasteiger partial charge is 0.236 e. The molecule has 0 radical (unpaired) electrons. The lowest BCUT2D eigenvalue weighted by molar-refractivity contribution is -0.130. The van der Waals surface area contributed by atoms with Crippen LogP contribution in [0.15, 0.2) is 0 Å². The van der Waals surface area contributed by atoms with E-state index in [0.29, 0.717) is 13.1 Å². The molecule has 0 fully saturated rings. The van der Waals surface area contributed by atoms with Crippen LogP contribution in [0, 0.1) is 0 Å². The molecule has 14 heavy (non-hydrogen) atoms. The van der Waals surface area contributed by atoms with E-state index in [-0.39, 0.29) is 30.6 Å². The van der Waals surface area contributed by atoms with Crippen molar-refractivity contribution in [2.45, 2.75) is 6.42 Å². The highest BCUT2D eigenvalue weighted by molar-refractivity contribution is 5.85. The summed E-state index contributed by atoms with van der Waals surface area (Å²) in [5.74, 6) is -0.393. The number of rotatable bonds is 5. The number of carbonyl (C=O) groups excluding carboxylic acids is 2. The van der Waals surface area contributed by atoms with Gasteiger partial charge in [-0.2, -0.15) is 0 Å². The van der Waals surface area contributed by atoms with E-state index in [9.17, 15) is 9.59 Å². The maximum atomic E-state index is 11.3. The number of primary amides is 1. The summed E-state index contributed by atoms with van der Waals surface area (Å²) in [4.78, 5) is 25.0. The van der Waals surface area contributed by atoms with Crippen molar-refractivity contribution in [3.8, 4) is 0 Å². The molecule has 0 aliphatic heterocycles.